The van der Waals surface area contributed by atoms with Gasteiger partial charge in [-0.3, -0.25) is 4.79 Å². The molecule has 0 spiro atoms. The van der Waals surface area contributed by atoms with E-state index in [0.717, 1.165) is 62.1 Å². The van der Waals surface area contributed by atoms with E-state index < -0.39 is 0 Å². The van der Waals surface area contributed by atoms with Gasteiger partial charge < -0.3 is 14.8 Å². The summed E-state index contributed by atoms with van der Waals surface area (Å²) in [6.45, 7) is 4.27. The maximum atomic E-state index is 12.5. The second kappa shape index (κ2) is 7.98. The van der Waals surface area contributed by atoms with Crippen LogP contribution < -0.4 is 5.32 Å². The van der Waals surface area contributed by atoms with Crippen LogP contribution in [0.3, 0.4) is 0 Å². The Bertz CT molecular complexity index is 788. The molecular formula is C18H22ClN5OS. The van der Waals surface area contributed by atoms with Crippen LogP contribution in [0.2, 0.25) is 5.02 Å². The molecule has 4 rings (SSSR count). The Kier molecular flexibility index (Phi) is 5.47. The van der Waals surface area contributed by atoms with E-state index in [2.05, 4.69) is 20.1 Å². The minimum Gasteiger partial charge on any atom is -0.342 e. The maximum Gasteiger partial charge on any atom is 0.232 e. The lowest BCUT2D eigenvalue weighted by atomic mass is 9.95. The Morgan fingerprint density at radius 2 is 2.04 bits per heavy atom. The van der Waals surface area contributed by atoms with Gasteiger partial charge in [0.25, 0.3) is 0 Å². The Labute approximate surface area is 162 Å². The van der Waals surface area contributed by atoms with Crippen LogP contribution in [-0.2, 0) is 17.9 Å². The summed E-state index contributed by atoms with van der Waals surface area (Å²) in [6, 6.07) is 7.65. The SMILES string of the molecule is O=C(CSc1ccccc1Cl)N1CCC(c2nnc3n2CCNC3)CC1. The number of benzene rings is 1. The van der Waals surface area contributed by atoms with E-state index in [0.29, 0.717) is 16.7 Å². The van der Waals surface area contributed by atoms with Crippen LogP contribution >= 0.6 is 23.4 Å². The topological polar surface area (TPSA) is 63.1 Å². The molecule has 1 saturated heterocycles. The van der Waals surface area contributed by atoms with Crippen molar-refractivity contribution in [2.24, 2.45) is 0 Å². The van der Waals surface area contributed by atoms with Gasteiger partial charge in [0.2, 0.25) is 5.91 Å². The van der Waals surface area contributed by atoms with Gasteiger partial charge in [0.1, 0.15) is 11.6 Å². The highest BCUT2D eigenvalue weighted by atomic mass is 35.5. The van der Waals surface area contributed by atoms with Crippen molar-refractivity contribution in [1.82, 2.24) is 25.0 Å². The summed E-state index contributed by atoms with van der Waals surface area (Å²) in [5, 5.41) is 12.8. The van der Waals surface area contributed by atoms with Gasteiger partial charge in [0, 0.05) is 37.0 Å². The standard InChI is InChI=1S/C18H22ClN5OS/c19-14-3-1-2-4-15(14)26-12-17(25)23-8-5-13(6-9-23)18-22-21-16-11-20-7-10-24(16)18/h1-4,13,20H,5-12H2. The van der Waals surface area contributed by atoms with Crippen LogP contribution in [0, 0.1) is 0 Å². The lowest BCUT2D eigenvalue weighted by Gasteiger charge is -2.32. The molecule has 6 nitrogen and oxygen atoms in total. The third-order valence-corrected chi connectivity index (χ3v) is 6.55. The molecule has 1 fully saturated rings. The van der Waals surface area contributed by atoms with Crippen molar-refractivity contribution in [3.63, 3.8) is 0 Å². The number of hydrogen-bond acceptors (Lipinski definition) is 5. The number of fused-ring (bicyclic) bond motifs is 1. The molecule has 8 heteroatoms. The number of halogens is 1. The van der Waals surface area contributed by atoms with Crippen LogP contribution in [0.15, 0.2) is 29.2 Å². The van der Waals surface area contributed by atoms with Crippen molar-refractivity contribution in [2.75, 3.05) is 25.4 Å². The molecule has 2 aliphatic heterocycles. The molecule has 1 aromatic heterocycles. The number of nitrogens with one attached hydrogen (secondary N) is 1. The van der Waals surface area contributed by atoms with Crippen LogP contribution in [0.4, 0.5) is 0 Å². The maximum absolute atomic E-state index is 12.5. The fourth-order valence-corrected chi connectivity index (χ4v) is 4.74. The summed E-state index contributed by atoms with van der Waals surface area (Å²) in [4.78, 5) is 15.5. The predicted octanol–water partition coefficient (Wildman–Crippen LogP) is 2.53. The molecular weight excluding hydrogens is 370 g/mol. The second-order valence-corrected chi connectivity index (χ2v) is 8.10. The van der Waals surface area contributed by atoms with Crippen molar-refractivity contribution >= 4 is 29.3 Å². The zero-order chi connectivity index (χ0) is 17.9. The third-order valence-electron chi connectivity index (χ3n) is 5.05. The number of carbonyl (C=O) groups excluding carboxylic acids is 1. The lowest BCUT2D eigenvalue weighted by Crippen LogP contribution is -2.39. The smallest absolute Gasteiger partial charge is 0.232 e. The third kappa shape index (κ3) is 3.75. The quantitative estimate of drug-likeness (QED) is 0.811. The van der Waals surface area contributed by atoms with Gasteiger partial charge in [-0.15, -0.1) is 22.0 Å². The average molecular weight is 392 g/mol. The van der Waals surface area contributed by atoms with E-state index in [1.807, 2.05) is 29.2 Å². The minimum absolute atomic E-state index is 0.181. The molecule has 1 amide bonds. The van der Waals surface area contributed by atoms with E-state index >= 15 is 0 Å². The average Bonchev–Trinajstić information content (AvgIpc) is 3.11. The highest BCUT2D eigenvalue weighted by Crippen LogP contribution is 2.30. The zero-order valence-electron chi connectivity index (χ0n) is 14.5. The molecule has 0 aliphatic carbocycles. The van der Waals surface area contributed by atoms with Gasteiger partial charge in [-0.2, -0.15) is 0 Å². The molecule has 1 N–H and O–H groups in total. The van der Waals surface area contributed by atoms with Crippen LogP contribution in [-0.4, -0.2) is 51.0 Å². The Hall–Kier alpha value is -1.57. The first-order chi connectivity index (χ1) is 12.7. The van der Waals surface area contributed by atoms with E-state index in [1.165, 1.54) is 11.8 Å². The van der Waals surface area contributed by atoms with Crippen molar-refractivity contribution in [3.05, 3.63) is 40.9 Å². The number of hydrogen-bond donors (Lipinski definition) is 1. The summed E-state index contributed by atoms with van der Waals surface area (Å²) in [6.07, 6.45) is 1.90. The molecule has 1 aromatic carbocycles. The van der Waals surface area contributed by atoms with Crippen molar-refractivity contribution in [3.8, 4) is 0 Å². The summed E-state index contributed by atoms with van der Waals surface area (Å²) in [5.74, 6) is 3.14. The first-order valence-electron chi connectivity index (χ1n) is 9.00. The van der Waals surface area contributed by atoms with Crippen molar-refractivity contribution in [2.45, 2.75) is 36.7 Å². The molecule has 2 aromatic rings. The number of rotatable bonds is 4. The van der Waals surface area contributed by atoms with E-state index in [-0.39, 0.29) is 5.91 Å². The molecule has 0 bridgehead atoms. The summed E-state index contributed by atoms with van der Waals surface area (Å²) in [5.41, 5.74) is 0. The monoisotopic (exact) mass is 391 g/mol. The summed E-state index contributed by atoms with van der Waals surface area (Å²) in [7, 11) is 0. The van der Waals surface area contributed by atoms with Crippen LogP contribution in [0.25, 0.3) is 0 Å². The summed E-state index contributed by atoms with van der Waals surface area (Å²) < 4.78 is 2.26. The molecule has 2 aliphatic rings. The number of amides is 1. The lowest BCUT2D eigenvalue weighted by molar-refractivity contribution is -0.129. The number of carbonyl (C=O) groups is 1. The second-order valence-electron chi connectivity index (χ2n) is 6.68. The van der Waals surface area contributed by atoms with Gasteiger partial charge >= 0.3 is 0 Å². The van der Waals surface area contributed by atoms with E-state index in [9.17, 15) is 4.79 Å². The molecule has 0 radical (unpaired) electrons. The van der Waals surface area contributed by atoms with E-state index in [1.54, 1.807) is 0 Å². The zero-order valence-corrected chi connectivity index (χ0v) is 16.1. The van der Waals surface area contributed by atoms with Crippen molar-refractivity contribution < 1.29 is 4.79 Å². The number of likely N-dealkylation sites (tertiary alicyclic amines) is 1. The normalized spacial score (nSPS) is 18.0. The van der Waals surface area contributed by atoms with Crippen LogP contribution in [0.1, 0.15) is 30.4 Å². The minimum atomic E-state index is 0.181. The first kappa shape index (κ1) is 17.8. The first-order valence-corrected chi connectivity index (χ1v) is 10.4. The van der Waals surface area contributed by atoms with Gasteiger partial charge in [-0.05, 0) is 25.0 Å². The number of piperidine rings is 1. The Morgan fingerprint density at radius 3 is 2.85 bits per heavy atom. The molecule has 0 saturated carbocycles. The molecule has 138 valence electrons. The number of nitrogens with zero attached hydrogens (tertiary/aromatic N) is 4. The number of aromatic nitrogens is 3. The largest absolute Gasteiger partial charge is 0.342 e. The van der Waals surface area contributed by atoms with Gasteiger partial charge in [-0.1, -0.05) is 23.7 Å². The molecule has 26 heavy (non-hydrogen) atoms. The highest BCUT2D eigenvalue weighted by molar-refractivity contribution is 8.00. The fraction of sp³-hybridized carbons (Fsp3) is 0.500. The molecule has 3 heterocycles. The Morgan fingerprint density at radius 1 is 1.23 bits per heavy atom. The van der Waals surface area contributed by atoms with Gasteiger partial charge in [0.05, 0.1) is 17.3 Å². The van der Waals surface area contributed by atoms with E-state index in [4.69, 9.17) is 11.6 Å². The Balaban J connectivity index is 1.31. The predicted molar refractivity (Wildman–Crippen MR) is 102 cm³/mol. The molecule has 0 unspecified atom stereocenters. The number of thioether (sulfide) groups is 1. The highest BCUT2D eigenvalue weighted by Gasteiger charge is 2.28. The van der Waals surface area contributed by atoms with Crippen molar-refractivity contribution in [1.29, 1.82) is 0 Å². The van der Waals surface area contributed by atoms with Gasteiger partial charge in [0.15, 0.2) is 0 Å². The fourth-order valence-electron chi connectivity index (χ4n) is 3.60. The van der Waals surface area contributed by atoms with Crippen LogP contribution in [0.5, 0.6) is 0 Å². The molecule has 0 atom stereocenters. The van der Waals surface area contributed by atoms with Gasteiger partial charge in [-0.25, -0.2) is 0 Å². The summed E-state index contributed by atoms with van der Waals surface area (Å²) >= 11 is 7.67.